The minimum absolute atomic E-state index is 0.251. The summed E-state index contributed by atoms with van der Waals surface area (Å²) in [6, 6.07) is 0. The Bertz CT molecular complexity index is 613. The molecule has 1 aliphatic rings. The molecular weight excluding hydrogens is 359 g/mol. The van der Waals surface area contributed by atoms with Gasteiger partial charge in [-0.15, -0.1) is 23.2 Å². The molecule has 8 heteroatoms. The lowest BCUT2D eigenvalue weighted by Gasteiger charge is -2.15. The highest BCUT2D eigenvalue weighted by Crippen LogP contribution is 2.32. The Kier molecular flexibility index (Phi) is 4.55. The van der Waals surface area contributed by atoms with E-state index in [1.807, 2.05) is 0 Å². The molecule has 0 amide bonds. The maximum absolute atomic E-state index is 11.8. The van der Waals surface area contributed by atoms with Gasteiger partial charge in [0, 0.05) is 17.1 Å². The maximum Gasteiger partial charge on any atom is 0.330 e. The highest BCUT2D eigenvalue weighted by Gasteiger charge is 2.35. The molecule has 1 saturated heterocycles. The number of halogens is 3. The number of aromatic amines is 1. The van der Waals surface area contributed by atoms with E-state index < -0.39 is 17.5 Å². The number of hydrogen-bond acceptors (Lipinski definition) is 3. The van der Waals surface area contributed by atoms with Gasteiger partial charge in [0.15, 0.2) is 0 Å². The summed E-state index contributed by atoms with van der Waals surface area (Å²) in [5.74, 6) is 0.251. The predicted octanol–water partition coefficient (Wildman–Crippen LogP) is 2.04. The molecule has 0 aromatic carbocycles. The van der Waals surface area contributed by atoms with E-state index in [2.05, 4.69) is 27.5 Å². The molecule has 1 aliphatic heterocycles. The van der Waals surface area contributed by atoms with Crippen molar-refractivity contribution in [2.24, 2.45) is 0 Å². The number of rotatable bonds is 3. The average Bonchev–Trinajstić information content (AvgIpc) is 2.69. The molecule has 1 fully saturated rings. The van der Waals surface area contributed by atoms with Crippen molar-refractivity contribution in [3.05, 3.63) is 39.2 Å². The number of nitrogens with one attached hydrogen (secondary N) is 1. The lowest BCUT2D eigenvalue weighted by atomic mass is 10.2. The van der Waals surface area contributed by atoms with Crippen LogP contribution in [0, 0.1) is 0 Å². The van der Waals surface area contributed by atoms with Gasteiger partial charge in [0.05, 0.1) is 22.9 Å². The zero-order valence-electron chi connectivity index (χ0n) is 9.74. The maximum atomic E-state index is 11.8. The number of hydrogen-bond donors (Lipinski definition) is 1. The molecule has 0 bridgehead atoms. The first-order chi connectivity index (χ1) is 8.93. The first-order valence-corrected chi connectivity index (χ1v) is 7.26. The number of ether oxygens (including phenoxy) is 1. The molecule has 1 aromatic rings. The zero-order chi connectivity index (χ0) is 14.2. The number of nitrogens with zero attached hydrogens (tertiary/aromatic N) is 1. The largest absolute Gasteiger partial charge is 0.352 e. The molecule has 0 spiro atoms. The van der Waals surface area contributed by atoms with Crippen LogP contribution in [0.5, 0.6) is 0 Å². The van der Waals surface area contributed by atoms with Crippen LogP contribution in [0.2, 0.25) is 0 Å². The van der Waals surface area contributed by atoms with Crippen LogP contribution in [0.1, 0.15) is 18.2 Å². The fourth-order valence-electron chi connectivity index (χ4n) is 1.89. The number of alkyl halides is 2. The quantitative estimate of drug-likeness (QED) is 0.829. The number of aromatic nitrogens is 2. The molecule has 2 heterocycles. The van der Waals surface area contributed by atoms with Gasteiger partial charge in [-0.25, -0.2) is 4.79 Å². The Morgan fingerprint density at radius 2 is 2.32 bits per heavy atom. The van der Waals surface area contributed by atoms with E-state index in [-0.39, 0.29) is 22.9 Å². The minimum atomic E-state index is -0.549. The van der Waals surface area contributed by atoms with Gasteiger partial charge in [0.2, 0.25) is 0 Å². The summed E-state index contributed by atoms with van der Waals surface area (Å²) < 4.78 is 7.28. The van der Waals surface area contributed by atoms with E-state index in [9.17, 15) is 9.59 Å². The Balaban J connectivity index is 2.41. The topological polar surface area (TPSA) is 64.1 Å². The molecule has 0 radical (unpaired) electrons. The second-order valence-electron chi connectivity index (χ2n) is 4.15. The molecule has 19 heavy (non-hydrogen) atoms. The average molecular weight is 370 g/mol. The second-order valence-corrected chi connectivity index (χ2v) is 5.98. The third kappa shape index (κ3) is 2.97. The first-order valence-electron chi connectivity index (χ1n) is 5.49. The summed E-state index contributed by atoms with van der Waals surface area (Å²) in [5, 5.41) is -0.267. The summed E-state index contributed by atoms with van der Waals surface area (Å²) in [7, 11) is 0. The van der Waals surface area contributed by atoms with Gasteiger partial charge in [-0.05, 0) is 0 Å². The van der Waals surface area contributed by atoms with Crippen LogP contribution in [0.4, 0.5) is 0 Å². The minimum Gasteiger partial charge on any atom is -0.352 e. The van der Waals surface area contributed by atoms with Crippen molar-refractivity contribution >= 4 is 43.6 Å². The van der Waals surface area contributed by atoms with Crippen LogP contribution in [0.15, 0.2) is 22.4 Å². The van der Waals surface area contributed by atoms with Crippen LogP contribution >= 0.6 is 39.1 Å². The van der Waals surface area contributed by atoms with E-state index in [0.29, 0.717) is 10.9 Å². The van der Waals surface area contributed by atoms with Crippen molar-refractivity contribution in [2.75, 3.05) is 5.88 Å². The van der Waals surface area contributed by atoms with Gasteiger partial charge < -0.3 is 4.74 Å². The molecule has 104 valence electrons. The third-order valence-corrected chi connectivity index (χ3v) is 4.08. The van der Waals surface area contributed by atoms with E-state index >= 15 is 0 Å². The molecule has 1 aromatic heterocycles. The highest BCUT2D eigenvalue weighted by molar-refractivity contribution is 9.15. The summed E-state index contributed by atoms with van der Waals surface area (Å²) >= 11 is 14.9. The Hall–Kier alpha value is -0.560. The van der Waals surface area contributed by atoms with Crippen molar-refractivity contribution < 1.29 is 4.74 Å². The van der Waals surface area contributed by atoms with Crippen LogP contribution < -0.4 is 11.2 Å². The van der Waals surface area contributed by atoms with Gasteiger partial charge >= 0.3 is 5.69 Å². The summed E-state index contributed by atoms with van der Waals surface area (Å²) in [5.41, 5.74) is -0.785. The van der Waals surface area contributed by atoms with Crippen LogP contribution in [0.3, 0.4) is 0 Å². The Morgan fingerprint density at radius 3 is 2.84 bits per heavy atom. The lowest BCUT2D eigenvalue weighted by Crippen LogP contribution is -2.33. The standard InChI is InChI=1S/C11H11BrCl2N2O3/c1-5(12)6-4-16(11(18)15-10(6)17)9-2-7(14)8(3-13)19-9/h4,7-9H,1-3H2,(H,15,17,18)/t7?,8-,9-/m1/s1. The van der Waals surface area contributed by atoms with Crippen molar-refractivity contribution in [3.63, 3.8) is 0 Å². The lowest BCUT2D eigenvalue weighted by molar-refractivity contribution is 0.00978. The fraction of sp³-hybridized carbons (Fsp3) is 0.455. The zero-order valence-corrected chi connectivity index (χ0v) is 12.8. The monoisotopic (exact) mass is 368 g/mol. The highest BCUT2D eigenvalue weighted by atomic mass is 79.9. The van der Waals surface area contributed by atoms with Gasteiger partial charge in [-0.1, -0.05) is 22.5 Å². The molecule has 0 aliphatic carbocycles. The van der Waals surface area contributed by atoms with Crippen molar-refractivity contribution in [1.29, 1.82) is 0 Å². The summed E-state index contributed by atoms with van der Waals surface area (Å²) in [6.07, 6.45) is 0.992. The molecule has 5 nitrogen and oxygen atoms in total. The molecule has 1 N–H and O–H groups in total. The Morgan fingerprint density at radius 1 is 1.63 bits per heavy atom. The van der Waals surface area contributed by atoms with Gasteiger partial charge in [-0.3, -0.25) is 14.3 Å². The third-order valence-electron chi connectivity index (χ3n) is 2.88. The summed E-state index contributed by atoms with van der Waals surface area (Å²) in [6.45, 7) is 3.62. The van der Waals surface area contributed by atoms with Crippen molar-refractivity contribution in [3.8, 4) is 0 Å². The molecule has 0 saturated carbocycles. The normalized spacial score (nSPS) is 26.6. The van der Waals surface area contributed by atoms with E-state index in [4.69, 9.17) is 27.9 Å². The number of H-pyrrole nitrogens is 1. The van der Waals surface area contributed by atoms with E-state index in [1.54, 1.807) is 0 Å². The fourth-order valence-corrected chi connectivity index (χ4v) is 2.85. The van der Waals surface area contributed by atoms with E-state index in [0.717, 1.165) is 0 Å². The van der Waals surface area contributed by atoms with Gasteiger partial charge in [0.1, 0.15) is 6.23 Å². The van der Waals surface area contributed by atoms with Crippen LogP contribution in [-0.4, -0.2) is 26.9 Å². The Labute approximate surface area is 127 Å². The van der Waals surface area contributed by atoms with Gasteiger partial charge in [-0.2, -0.15) is 0 Å². The first kappa shape index (κ1) is 14.8. The van der Waals surface area contributed by atoms with Crippen LogP contribution in [0.25, 0.3) is 4.48 Å². The SMILES string of the molecule is C=C(Br)c1cn([C@H]2CC(Cl)[C@@H](CCl)O2)c(=O)[nH]c1=O. The molecule has 1 unspecified atom stereocenters. The molecule has 2 rings (SSSR count). The summed E-state index contributed by atoms with van der Waals surface area (Å²) in [4.78, 5) is 25.6. The predicted molar refractivity (Wildman–Crippen MR) is 78.2 cm³/mol. The van der Waals surface area contributed by atoms with Crippen molar-refractivity contribution in [2.45, 2.75) is 24.1 Å². The van der Waals surface area contributed by atoms with Crippen LogP contribution in [-0.2, 0) is 4.74 Å². The molecular formula is C11H11BrCl2N2O3. The smallest absolute Gasteiger partial charge is 0.330 e. The van der Waals surface area contributed by atoms with Gasteiger partial charge in [0.25, 0.3) is 5.56 Å². The van der Waals surface area contributed by atoms with Crippen molar-refractivity contribution in [1.82, 2.24) is 9.55 Å². The second kappa shape index (κ2) is 5.83. The van der Waals surface area contributed by atoms with E-state index in [1.165, 1.54) is 10.8 Å². The molecule has 3 atom stereocenters.